The first-order valence-corrected chi connectivity index (χ1v) is 8.19. The molecule has 21 heavy (non-hydrogen) atoms. The average molecular weight is 356 g/mol. The lowest BCUT2D eigenvalue weighted by Crippen LogP contribution is -2.43. The van der Waals surface area contributed by atoms with Crippen LogP contribution in [0, 0.1) is 0 Å². The van der Waals surface area contributed by atoms with E-state index in [0.717, 1.165) is 36.9 Å². The third-order valence-electron chi connectivity index (χ3n) is 3.63. The summed E-state index contributed by atoms with van der Waals surface area (Å²) in [5.74, 6) is 0.725. The fraction of sp³-hybridized carbons (Fsp3) is 0.562. The first kappa shape index (κ1) is 16.3. The van der Waals surface area contributed by atoms with Crippen LogP contribution >= 0.6 is 15.9 Å². The van der Waals surface area contributed by atoms with Crippen LogP contribution < -0.4 is 4.74 Å². The van der Waals surface area contributed by atoms with Gasteiger partial charge in [0.15, 0.2) is 0 Å². The number of piperidine rings is 1. The molecular formula is C16H22BrNO3. The van der Waals surface area contributed by atoms with Gasteiger partial charge in [-0.1, -0.05) is 6.92 Å². The second-order valence-corrected chi connectivity index (χ2v) is 6.09. The fourth-order valence-electron chi connectivity index (χ4n) is 2.51. The van der Waals surface area contributed by atoms with Gasteiger partial charge in [0.2, 0.25) is 0 Å². The van der Waals surface area contributed by atoms with Crippen molar-refractivity contribution in [3.63, 3.8) is 0 Å². The lowest BCUT2D eigenvalue weighted by atomic mass is 10.1. The van der Waals surface area contributed by atoms with Gasteiger partial charge in [-0.05, 0) is 53.4 Å². The Morgan fingerprint density at radius 3 is 3.00 bits per heavy atom. The number of carbonyl (C=O) groups excluding carboxylic acids is 1. The number of halogens is 1. The van der Waals surface area contributed by atoms with E-state index in [1.807, 2.05) is 17.0 Å². The number of carbonyl (C=O) groups is 1. The van der Waals surface area contributed by atoms with Gasteiger partial charge >= 0.3 is 0 Å². The van der Waals surface area contributed by atoms with Crippen LogP contribution in [0.2, 0.25) is 0 Å². The maximum absolute atomic E-state index is 12.7. The van der Waals surface area contributed by atoms with E-state index in [0.29, 0.717) is 17.9 Å². The molecule has 0 bridgehead atoms. The summed E-state index contributed by atoms with van der Waals surface area (Å²) in [6.07, 6.45) is 3.18. The van der Waals surface area contributed by atoms with Crippen molar-refractivity contribution in [3.8, 4) is 5.75 Å². The van der Waals surface area contributed by atoms with Crippen molar-refractivity contribution in [2.45, 2.75) is 32.3 Å². The number of rotatable bonds is 5. The highest BCUT2D eigenvalue weighted by Crippen LogP contribution is 2.25. The standard InChI is InChI=1S/C16H22BrNO3/c1-3-9-21-13-5-4-8-18(11-13)16(19)14-10-12(20-2)6-7-15(14)17/h6-7,10,13H,3-5,8-9,11H2,1-2H3. The maximum atomic E-state index is 12.7. The molecular weight excluding hydrogens is 334 g/mol. The zero-order chi connectivity index (χ0) is 15.2. The third kappa shape index (κ3) is 4.20. The number of nitrogens with zero attached hydrogens (tertiary/aromatic N) is 1. The lowest BCUT2D eigenvalue weighted by molar-refractivity contribution is 0.00207. The Hall–Kier alpha value is -1.07. The number of ether oxygens (including phenoxy) is 2. The van der Waals surface area contributed by atoms with Crippen LogP contribution in [0.4, 0.5) is 0 Å². The minimum atomic E-state index is 0.0329. The Morgan fingerprint density at radius 1 is 1.48 bits per heavy atom. The summed E-state index contributed by atoms with van der Waals surface area (Å²) in [4.78, 5) is 14.6. The second kappa shape index (κ2) is 7.80. The summed E-state index contributed by atoms with van der Waals surface area (Å²) in [6.45, 7) is 4.31. The van der Waals surface area contributed by atoms with Gasteiger partial charge in [0.1, 0.15) is 5.75 Å². The molecule has 0 N–H and O–H groups in total. The van der Waals surface area contributed by atoms with E-state index in [4.69, 9.17) is 9.47 Å². The summed E-state index contributed by atoms with van der Waals surface area (Å²) in [6, 6.07) is 5.47. The molecule has 0 aliphatic carbocycles. The van der Waals surface area contributed by atoms with Crippen LogP contribution in [0.1, 0.15) is 36.5 Å². The van der Waals surface area contributed by atoms with Gasteiger partial charge in [0.25, 0.3) is 5.91 Å². The normalized spacial score (nSPS) is 18.6. The van der Waals surface area contributed by atoms with Crippen molar-refractivity contribution < 1.29 is 14.3 Å². The smallest absolute Gasteiger partial charge is 0.255 e. The molecule has 1 atom stereocenters. The zero-order valence-corrected chi connectivity index (χ0v) is 14.2. The molecule has 1 aliphatic rings. The quantitative estimate of drug-likeness (QED) is 0.811. The molecule has 1 amide bonds. The predicted molar refractivity (Wildman–Crippen MR) is 85.9 cm³/mol. The van der Waals surface area contributed by atoms with Gasteiger partial charge in [-0.25, -0.2) is 0 Å². The van der Waals surface area contributed by atoms with Gasteiger partial charge in [-0.15, -0.1) is 0 Å². The molecule has 2 rings (SSSR count). The van der Waals surface area contributed by atoms with E-state index in [1.54, 1.807) is 13.2 Å². The monoisotopic (exact) mass is 355 g/mol. The molecule has 1 fully saturated rings. The highest BCUT2D eigenvalue weighted by Gasteiger charge is 2.26. The van der Waals surface area contributed by atoms with Crippen molar-refractivity contribution in [1.29, 1.82) is 0 Å². The highest BCUT2D eigenvalue weighted by molar-refractivity contribution is 9.10. The third-order valence-corrected chi connectivity index (χ3v) is 4.32. The number of likely N-dealkylation sites (tertiary alicyclic amines) is 1. The molecule has 0 aromatic heterocycles. The SMILES string of the molecule is CCCOC1CCCN(C(=O)c2cc(OC)ccc2Br)C1. The van der Waals surface area contributed by atoms with E-state index in [-0.39, 0.29) is 12.0 Å². The Bertz CT molecular complexity index is 492. The fourth-order valence-corrected chi connectivity index (χ4v) is 2.93. The number of benzene rings is 1. The molecule has 1 heterocycles. The molecule has 116 valence electrons. The van der Waals surface area contributed by atoms with Crippen LogP contribution in [-0.2, 0) is 4.74 Å². The van der Waals surface area contributed by atoms with E-state index in [9.17, 15) is 4.79 Å². The molecule has 0 radical (unpaired) electrons. The summed E-state index contributed by atoms with van der Waals surface area (Å²) in [5.41, 5.74) is 0.644. The number of amides is 1. The van der Waals surface area contributed by atoms with E-state index >= 15 is 0 Å². The maximum Gasteiger partial charge on any atom is 0.255 e. The molecule has 4 nitrogen and oxygen atoms in total. The summed E-state index contributed by atoms with van der Waals surface area (Å²) < 4.78 is 11.8. The summed E-state index contributed by atoms with van der Waals surface area (Å²) in [7, 11) is 1.60. The topological polar surface area (TPSA) is 38.8 Å². The minimum Gasteiger partial charge on any atom is -0.497 e. The van der Waals surface area contributed by atoms with Crippen LogP contribution in [0.25, 0.3) is 0 Å². The Balaban J connectivity index is 2.08. The van der Waals surface area contributed by atoms with Crippen molar-refractivity contribution in [2.75, 3.05) is 26.8 Å². The Labute approximate surface area is 134 Å². The van der Waals surface area contributed by atoms with Crippen LogP contribution in [0.15, 0.2) is 22.7 Å². The summed E-state index contributed by atoms with van der Waals surface area (Å²) in [5, 5.41) is 0. The molecule has 1 aromatic rings. The molecule has 0 spiro atoms. The Morgan fingerprint density at radius 2 is 2.29 bits per heavy atom. The summed E-state index contributed by atoms with van der Waals surface area (Å²) >= 11 is 3.45. The van der Waals surface area contributed by atoms with Crippen molar-refractivity contribution in [1.82, 2.24) is 4.90 Å². The number of hydrogen-bond acceptors (Lipinski definition) is 3. The van der Waals surface area contributed by atoms with Crippen molar-refractivity contribution in [2.24, 2.45) is 0 Å². The predicted octanol–water partition coefficient (Wildman–Crippen LogP) is 3.49. The number of methoxy groups -OCH3 is 1. The van der Waals surface area contributed by atoms with Crippen molar-refractivity contribution >= 4 is 21.8 Å². The van der Waals surface area contributed by atoms with Gasteiger partial charge in [-0.3, -0.25) is 4.79 Å². The lowest BCUT2D eigenvalue weighted by Gasteiger charge is -2.33. The van der Waals surface area contributed by atoms with E-state index in [2.05, 4.69) is 22.9 Å². The van der Waals surface area contributed by atoms with Gasteiger partial charge < -0.3 is 14.4 Å². The van der Waals surface area contributed by atoms with E-state index < -0.39 is 0 Å². The number of hydrogen-bond donors (Lipinski definition) is 0. The van der Waals surface area contributed by atoms with Crippen LogP contribution in [0.3, 0.4) is 0 Å². The molecule has 1 aliphatic heterocycles. The second-order valence-electron chi connectivity index (χ2n) is 5.23. The molecule has 5 heteroatoms. The van der Waals surface area contributed by atoms with Gasteiger partial charge in [-0.2, -0.15) is 0 Å². The first-order valence-electron chi connectivity index (χ1n) is 7.40. The molecule has 1 saturated heterocycles. The van der Waals surface area contributed by atoms with Crippen LogP contribution in [-0.4, -0.2) is 43.7 Å². The highest BCUT2D eigenvalue weighted by atomic mass is 79.9. The van der Waals surface area contributed by atoms with Gasteiger partial charge in [0, 0.05) is 24.2 Å². The largest absolute Gasteiger partial charge is 0.497 e. The van der Waals surface area contributed by atoms with Gasteiger partial charge in [0.05, 0.1) is 18.8 Å². The molecule has 1 unspecified atom stereocenters. The molecule has 0 saturated carbocycles. The minimum absolute atomic E-state index is 0.0329. The Kier molecular flexibility index (Phi) is 6.06. The van der Waals surface area contributed by atoms with Crippen molar-refractivity contribution in [3.05, 3.63) is 28.2 Å². The molecule has 1 aromatic carbocycles. The average Bonchev–Trinajstić information content (AvgIpc) is 2.53. The first-order chi connectivity index (χ1) is 10.2. The van der Waals surface area contributed by atoms with E-state index in [1.165, 1.54) is 0 Å². The van der Waals surface area contributed by atoms with Crippen LogP contribution in [0.5, 0.6) is 5.75 Å². The zero-order valence-electron chi connectivity index (χ0n) is 12.6.